The lowest BCUT2D eigenvalue weighted by Crippen LogP contribution is -2.36. The summed E-state index contributed by atoms with van der Waals surface area (Å²) in [7, 11) is 3.17. The Morgan fingerprint density at radius 3 is 2.75 bits per heavy atom. The van der Waals surface area contributed by atoms with Gasteiger partial charge in [-0.25, -0.2) is 4.79 Å². The third-order valence-corrected chi connectivity index (χ3v) is 1.39. The fraction of sp³-hybridized carbons (Fsp3) is 0.667. The third-order valence-electron chi connectivity index (χ3n) is 1.39. The minimum absolute atomic E-state index is 0.116. The Morgan fingerprint density at radius 1 is 1.75 bits per heavy atom. The van der Waals surface area contributed by atoms with Gasteiger partial charge in [0.25, 0.3) is 0 Å². The number of nitrogens with zero attached hydrogens (tertiary/aromatic N) is 2. The van der Waals surface area contributed by atoms with Gasteiger partial charge in [0.1, 0.15) is 5.84 Å². The standard InChI is InChI=1S/C6H14N4O2/c1-8-6(11)10(2)4-3-5(7)9-12/h12H,3-4H2,1-2H3,(H2,7,9)(H,8,11). The lowest BCUT2D eigenvalue weighted by molar-refractivity contribution is 0.212. The molecule has 0 aromatic carbocycles. The van der Waals surface area contributed by atoms with Gasteiger partial charge < -0.3 is 21.2 Å². The summed E-state index contributed by atoms with van der Waals surface area (Å²) in [5.41, 5.74) is 5.20. The van der Waals surface area contributed by atoms with Gasteiger partial charge in [0, 0.05) is 27.1 Å². The van der Waals surface area contributed by atoms with Gasteiger partial charge in [-0.1, -0.05) is 5.16 Å². The second-order valence-corrected chi connectivity index (χ2v) is 2.32. The van der Waals surface area contributed by atoms with Crippen LogP contribution in [0.4, 0.5) is 4.79 Å². The van der Waals surface area contributed by atoms with Gasteiger partial charge in [0.05, 0.1) is 0 Å². The Hall–Kier alpha value is -1.46. The molecule has 6 nitrogen and oxygen atoms in total. The molecule has 0 saturated heterocycles. The number of nitrogens with two attached hydrogens (primary N) is 1. The molecule has 0 heterocycles. The number of carbonyl (C=O) groups is 1. The molecule has 0 spiro atoms. The monoisotopic (exact) mass is 174 g/mol. The number of carbonyl (C=O) groups excluding carboxylic acids is 1. The highest BCUT2D eigenvalue weighted by Crippen LogP contribution is 1.87. The molecule has 0 fully saturated rings. The molecule has 0 aliphatic rings. The smallest absolute Gasteiger partial charge is 0.316 e. The number of urea groups is 1. The van der Waals surface area contributed by atoms with Crippen LogP contribution in [0.25, 0.3) is 0 Å². The first-order chi connectivity index (χ1) is 5.61. The first kappa shape index (κ1) is 10.5. The van der Waals surface area contributed by atoms with Crippen LogP contribution < -0.4 is 11.1 Å². The summed E-state index contributed by atoms with van der Waals surface area (Å²) in [6, 6.07) is -0.194. The summed E-state index contributed by atoms with van der Waals surface area (Å²) in [6.45, 7) is 0.426. The Bertz CT molecular complexity index is 180. The molecule has 2 amide bonds. The molecule has 12 heavy (non-hydrogen) atoms. The number of nitrogens with one attached hydrogen (secondary N) is 1. The second kappa shape index (κ2) is 5.22. The zero-order valence-electron chi connectivity index (χ0n) is 7.24. The van der Waals surface area contributed by atoms with Crippen LogP contribution in [0, 0.1) is 0 Å². The molecule has 0 unspecified atom stereocenters. The zero-order chi connectivity index (χ0) is 9.56. The number of rotatable bonds is 3. The predicted molar refractivity (Wildman–Crippen MR) is 45.1 cm³/mol. The van der Waals surface area contributed by atoms with E-state index in [1.807, 2.05) is 0 Å². The molecule has 0 aliphatic carbocycles. The van der Waals surface area contributed by atoms with Crippen LogP contribution in [-0.4, -0.2) is 42.6 Å². The molecule has 4 N–H and O–H groups in total. The molecule has 0 bridgehead atoms. The Morgan fingerprint density at radius 2 is 2.33 bits per heavy atom. The van der Waals surface area contributed by atoms with E-state index in [1.54, 1.807) is 14.1 Å². The number of amidine groups is 1. The lowest BCUT2D eigenvalue weighted by Gasteiger charge is -2.15. The van der Waals surface area contributed by atoms with E-state index >= 15 is 0 Å². The Kier molecular flexibility index (Phi) is 4.59. The maximum Gasteiger partial charge on any atom is 0.316 e. The minimum atomic E-state index is -0.194. The second-order valence-electron chi connectivity index (χ2n) is 2.32. The Balaban J connectivity index is 3.71. The van der Waals surface area contributed by atoms with Crippen LogP contribution in [0.15, 0.2) is 5.16 Å². The number of oxime groups is 1. The van der Waals surface area contributed by atoms with Crippen molar-refractivity contribution in [3.05, 3.63) is 0 Å². The largest absolute Gasteiger partial charge is 0.409 e. The van der Waals surface area contributed by atoms with E-state index in [9.17, 15) is 4.79 Å². The summed E-state index contributed by atoms with van der Waals surface area (Å²) >= 11 is 0. The number of hydrogen-bond donors (Lipinski definition) is 3. The quantitative estimate of drug-likeness (QED) is 0.231. The van der Waals surface area contributed by atoms with Gasteiger partial charge in [-0.15, -0.1) is 0 Å². The van der Waals surface area contributed by atoms with E-state index in [-0.39, 0.29) is 11.9 Å². The summed E-state index contributed by atoms with van der Waals surface area (Å²) in [5.74, 6) is 0.116. The highest BCUT2D eigenvalue weighted by atomic mass is 16.4. The van der Waals surface area contributed by atoms with E-state index in [4.69, 9.17) is 10.9 Å². The van der Waals surface area contributed by atoms with Crippen molar-refractivity contribution in [3.63, 3.8) is 0 Å². The van der Waals surface area contributed by atoms with Crippen molar-refractivity contribution in [3.8, 4) is 0 Å². The molecule has 0 aliphatic heterocycles. The summed E-state index contributed by atoms with van der Waals surface area (Å²) < 4.78 is 0. The number of amides is 2. The van der Waals surface area contributed by atoms with E-state index in [0.717, 1.165) is 0 Å². The van der Waals surface area contributed by atoms with Crippen molar-refractivity contribution in [2.45, 2.75) is 6.42 Å². The van der Waals surface area contributed by atoms with Gasteiger partial charge in [-0.3, -0.25) is 0 Å². The SMILES string of the molecule is CNC(=O)N(C)CCC(N)=NO. The van der Waals surface area contributed by atoms with Crippen LogP contribution in [0.3, 0.4) is 0 Å². The fourth-order valence-electron chi connectivity index (χ4n) is 0.625. The fourth-order valence-corrected chi connectivity index (χ4v) is 0.625. The maximum atomic E-state index is 10.9. The molecule has 0 radical (unpaired) electrons. The lowest BCUT2D eigenvalue weighted by atomic mass is 10.4. The average Bonchev–Trinajstić information content (AvgIpc) is 2.11. The topological polar surface area (TPSA) is 91.0 Å². The molecule has 6 heteroatoms. The molecular weight excluding hydrogens is 160 g/mol. The van der Waals surface area contributed by atoms with E-state index in [2.05, 4.69) is 10.5 Å². The van der Waals surface area contributed by atoms with Crippen molar-refractivity contribution in [2.24, 2.45) is 10.9 Å². The van der Waals surface area contributed by atoms with Gasteiger partial charge in [0.2, 0.25) is 0 Å². The van der Waals surface area contributed by atoms with E-state index in [0.29, 0.717) is 13.0 Å². The van der Waals surface area contributed by atoms with Crippen molar-refractivity contribution < 1.29 is 10.0 Å². The van der Waals surface area contributed by atoms with Crippen LogP contribution in [0.1, 0.15) is 6.42 Å². The third kappa shape index (κ3) is 3.65. The van der Waals surface area contributed by atoms with E-state index in [1.165, 1.54) is 4.90 Å². The molecule has 0 aromatic heterocycles. The first-order valence-corrected chi connectivity index (χ1v) is 3.51. The summed E-state index contributed by atoms with van der Waals surface area (Å²) in [6.07, 6.45) is 0.362. The highest BCUT2D eigenvalue weighted by molar-refractivity contribution is 5.80. The molecule has 0 aromatic rings. The normalized spacial score (nSPS) is 11.0. The molecule has 0 atom stereocenters. The van der Waals surface area contributed by atoms with Crippen LogP contribution in [-0.2, 0) is 0 Å². The van der Waals surface area contributed by atoms with Crippen molar-refractivity contribution in [1.29, 1.82) is 0 Å². The van der Waals surface area contributed by atoms with E-state index < -0.39 is 0 Å². The minimum Gasteiger partial charge on any atom is -0.409 e. The molecule has 70 valence electrons. The van der Waals surface area contributed by atoms with Crippen molar-refractivity contribution in [1.82, 2.24) is 10.2 Å². The van der Waals surface area contributed by atoms with Gasteiger partial charge in [-0.2, -0.15) is 0 Å². The van der Waals surface area contributed by atoms with Crippen LogP contribution >= 0.6 is 0 Å². The van der Waals surface area contributed by atoms with Gasteiger partial charge in [-0.05, 0) is 0 Å². The molecular formula is C6H14N4O2. The average molecular weight is 174 g/mol. The maximum absolute atomic E-state index is 10.9. The highest BCUT2D eigenvalue weighted by Gasteiger charge is 2.05. The van der Waals surface area contributed by atoms with Crippen LogP contribution in [0.2, 0.25) is 0 Å². The summed E-state index contributed by atoms with van der Waals surface area (Å²) in [4.78, 5) is 12.3. The Labute approximate surface area is 71.0 Å². The summed E-state index contributed by atoms with van der Waals surface area (Å²) in [5, 5.41) is 13.4. The first-order valence-electron chi connectivity index (χ1n) is 3.51. The van der Waals surface area contributed by atoms with Gasteiger partial charge in [0.15, 0.2) is 0 Å². The van der Waals surface area contributed by atoms with Crippen molar-refractivity contribution in [2.75, 3.05) is 20.6 Å². The molecule has 0 rings (SSSR count). The molecule has 0 saturated carbocycles. The predicted octanol–water partition coefficient (Wildman–Crippen LogP) is -0.606. The van der Waals surface area contributed by atoms with Gasteiger partial charge >= 0.3 is 6.03 Å². The number of hydrogen-bond acceptors (Lipinski definition) is 3. The van der Waals surface area contributed by atoms with Crippen LogP contribution in [0.5, 0.6) is 0 Å². The van der Waals surface area contributed by atoms with Crippen molar-refractivity contribution >= 4 is 11.9 Å². The zero-order valence-corrected chi connectivity index (χ0v) is 7.24.